The van der Waals surface area contributed by atoms with Crippen LogP contribution in [0, 0.1) is 0 Å². The maximum absolute atomic E-state index is 14.9. The number of phosphoric acid groups is 1. The molecule has 3 fully saturated rings. The number of rotatable bonds is 81. The molecule has 0 spiro atoms. The van der Waals surface area contributed by atoms with Crippen LogP contribution >= 0.6 is 7.82 Å². The van der Waals surface area contributed by atoms with Crippen LogP contribution in [0.3, 0.4) is 0 Å². The summed E-state index contributed by atoms with van der Waals surface area (Å²) in [5.74, 6) is -2.93. The molecule has 120 heavy (non-hydrogen) atoms. The van der Waals surface area contributed by atoms with Crippen molar-refractivity contribution in [3.63, 3.8) is 0 Å². The van der Waals surface area contributed by atoms with Gasteiger partial charge in [-0.15, -0.1) is 0 Å². The average molecular weight is 1740 g/mol. The molecule has 2 saturated heterocycles. The fraction of sp³-hybridized carbons (Fsp3) is 0.957. The van der Waals surface area contributed by atoms with Gasteiger partial charge < -0.3 is 88.7 Å². The molecule has 26 heteroatoms. The summed E-state index contributed by atoms with van der Waals surface area (Å²) < 4.78 is 73.6. The first kappa shape index (κ1) is 112. The molecular weight excluding hydrogens is 1560 g/mol. The van der Waals surface area contributed by atoms with E-state index in [9.17, 15) is 74.6 Å². The van der Waals surface area contributed by atoms with Crippen molar-refractivity contribution in [3.05, 3.63) is 0 Å². The number of phosphoric ester groups is 1. The van der Waals surface area contributed by atoms with Gasteiger partial charge in [0.05, 0.1) is 13.2 Å². The highest BCUT2D eigenvalue weighted by molar-refractivity contribution is 7.47. The normalized spacial score (nSPS) is 24.6. The predicted molar refractivity (Wildman–Crippen MR) is 467 cm³/mol. The molecule has 0 amide bonds. The highest BCUT2D eigenvalue weighted by Crippen LogP contribution is 2.49. The fourth-order valence-electron chi connectivity index (χ4n) is 16.6. The number of carbonyl (C=O) groups is 4. The lowest BCUT2D eigenvalue weighted by atomic mass is 9.84. The molecule has 0 aromatic rings. The van der Waals surface area contributed by atoms with Gasteiger partial charge in [0.1, 0.15) is 92.6 Å². The van der Waals surface area contributed by atoms with Gasteiger partial charge in [-0.1, -0.05) is 394 Å². The highest BCUT2D eigenvalue weighted by atomic mass is 31.2. The van der Waals surface area contributed by atoms with Crippen molar-refractivity contribution in [2.24, 2.45) is 0 Å². The Balaban J connectivity index is 1.89. The molecule has 10 N–H and O–H groups in total. The van der Waals surface area contributed by atoms with Gasteiger partial charge in [0, 0.05) is 25.7 Å². The van der Waals surface area contributed by atoms with Gasteiger partial charge in [-0.3, -0.25) is 28.2 Å². The molecular formula is C94H177O25P. The van der Waals surface area contributed by atoms with Crippen LogP contribution in [0.1, 0.15) is 445 Å². The molecule has 25 nitrogen and oxygen atoms in total. The summed E-state index contributed by atoms with van der Waals surface area (Å²) >= 11 is 0. The van der Waals surface area contributed by atoms with Crippen molar-refractivity contribution < 1.29 is 122 Å². The van der Waals surface area contributed by atoms with Gasteiger partial charge in [-0.05, 0) is 25.7 Å². The SMILES string of the molecule is CCCCCCCCCCCCCCCCCCC(=O)OCC1OC(OC2C(OC(=O)CCCCCCCCCCCCCCCCC)C(O)C(O)C(OC3OC(CO)C(O)C(O)C3O)C2OP(=O)(O)OCC(COC(=O)CCCCCCCCCCCCCCCCC)OC(=O)CCCCCCCCCCCCCCCCC)C(O)C(O)C1O. The van der Waals surface area contributed by atoms with E-state index in [0.29, 0.717) is 32.1 Å². The molecule has 18 unspecified atom stereocenters. The largest absolute Gasteiger partial charge is 0.472 e. The Morgan fingerprint density at radius 1 is 0.300 bits per heavy atom. The molecule has 1 saturated carbocycles. The van der Waals surface area contributed by atoms with Crippen LogP contribution in [-0.2, 0) is 70.7 Å². The van der Waals surface area contributed by atoms with Crippen molar-refractivity contribution in [1.29, 1.82) is 0 Å². The Labute approximate surface area is 725 Å². The quantitative estimate of drug-likeness (QED) is 0.0117. The first-order valence-corrected chi connectivity index (χ1v) is 50.8. The van der Waals surface area contributed by atoms with Crippen molar-refractivity contribution in [3.8, 4) is 0 Å². The lowest BCUT2D eigenvalue weighted by Gasteiger charge is -2.50. The van der Waals surface area contributed by atoms with Crippen molar-refractivity contribution >= 4 is 31.7 Å². The summed E-state index contributed by atoms with van der Waals surface area (Å²) in [6.45, 7) is 5.67. The van der Waals surface area contributed by atoms with E-state index >= 15 is 0 Å². The summed E-state index contributed by atoms with van der Waals surface area (Å²) in [4.78, 5) is 66.6. The predicted octanol–water partition coefficient (Wildman–Crippen LogP) is 18.9. The zero-order valence-electron chi connectivity index (χ0n) is 75.6. The molecule has 0 aromatic heterocycles. The van der Waals surface area contributed by atoms with Gasteiger partial charge in [0.15, 0.2) is 24.8 Å². The van der Waals surface area contributed by atoms with E-state index < -0.39 is 162 Å². The molecule has 3 aliphatic rings. The first-order chi connectivity index (χ1) is 58.2. The molecule has 708 valence electrons. The lowest BCUT2D eigenvalue weighted by molar-refractivity contribution is -0.360. The number of hydrogen-bond donors (Lipinski definition) is 10. The molecule has 0 aromatic carbocycles. The van der Waals surface area contributed by atoms with Crippen LogP contribution in [0.5, 0.6) is 0 Å². The molecule has 0 radical (unpaired) electrons. The van der Waals surface area contributed by atoms with Crippen LogP contribution in [0.4, 0.5) is 0 Å². The number of aliphatic hydroxyl groups is 9. The third-order valence-corrected chi connectivity index (χ3v) is 25.3. The topological polar surface area (TPSA) is 380 Å². The van der Waals surface area contributed by atoms with Gasteiger partial charge >= 0.3 is 31.7 Å². The maximum Gasteiger partial charge on any atom is 0.472 e. The number of hydrogen-bond acceptors (Lipinski definition) is 24. The second kappa shape index (κ2) is 73.4. The van der Waals surface area contributed by atoms with Crippen LogP contribution in [0.15, 0.2) is 0 Å². The molecule has 18 atom stereocenters. The van der Waals surface area contributed by atoms with E-state index in [1.807, 2.05) is 0 Å². The summed E-state index contributed by atoms with van der Waals surface area (Å²) in [6.07, 6.45) is 32.0. The molecule has 2 heterocycles. The Bertz CT molecular complexity index is 2490. The second-order valence-corrected chi connectivity index (χ2v) is 36.7. The van der Waals surface area contributed by atoms with E-state index in [-0.39, 0.29) is 25.7 Å². The zero-order valence-corrected chi connectivity index (χ0v) is 76.5. The molecule has 0 bridgehead atoms. The summed E-state index contributed by atoms with van der Waals surface area (Å²) in [5.41, 5.74) is 0. The van der Waals surface area contributed by atoms with E-state index in [0.717, 1.165) is 128 Å². The van der Waals surface area contributed by atoms with Gasteiger partial charge in [-0.2, -0.15) is 0 Å². The van der Waals surface area contributed by atoms with Crippen LogP contribution in [0.2, 0.25) is 0 Å². The number of unbranched alkanes of at least 4 members (excludes halogenated alkanes) is 57. The maximum atomic E-state index is 14.9. The van der Waals surface area contributed by atoms with Gasteiger partial charge in [0.25, 0.3) is 0 Å². The van der Waals surface area contributed by atoms with Crippen molar-refractivity contribution in [1.82, 2.24) is 0 Å². The Morgan fingerprint density at radius 2 is 0.575 bits per heavy atom. The monoisotopic (exact) mass is 1740 g/mol. The minimum atomic E-state index is -5.80. The minimum Gasteiger partial charge on any atom is -0.463 e. The third-order valence-electron chi connectivity index (χ3n) is 24.4. The molecule has 2 aliphatic heterocycles. The van der Waals surface area contributed by atoms with Crippen molar-refractivity contribution in [2.75, 3.05) is 26.4 Å². The summed E-state index contributed by atoms with van der Waals surface area (Å²) in [6, 6.07) is 0. The Kier molecular flexibility index (Phi) is 68.3. The number of aliphatic hydroxyl groups excluding tert-OH is 9. The van der Waals surface area contributed by atoms with E-state index in [1.54, 1.807) is 0 Å². The Morgan fingerprint density at radius 3 is 0.908 bits per heavy atom. The van der Waals surface area contributed by atoms with E-state index in [4.69, 9.17) is 46.9 Å². The standard InChI is InChI=1S/C94H177O25P/c1-5-9-13-17-21-25-29-33-37-41-43-47-51-55-59-63-67-78(97)111-73-76-82(101)84(103)88(107)94(115-76)118-91-89(116-80(99)69-65-61-57-53-49-45-40-36-32-28-24-20-16-12-8-4)85(104)86(105)90(117-93-87(106)83(102)81(100)75(70-95)114-93)92(91)119-120(108,109)112-72-74(113-79(98)68-64-60-56-52-48-44-39-35-31-27-23-19-15-11-7-3)71-110-77(96)66-62-58-54-50-46-42-38-34-30-26-22-18-14-10-6-2/h74-76,81-95,100-107H,5-73H2,1-4H3,(H,108,109). The highest BCUT2D eigenvalue weighted by Gasteiger charge is 2.60. The van der Waals surface area contributed by atoms with Gasteiger partial charge in [0.2, 0.25) is 0 Å². The lowest BCUT2D eigenvalue weighted by Crippen LogP contribution is -2.70. The molecule has 1 aliphatic carbocycles. The number of carbonyl (C=O) groups excluding carboxylic acids is 4. The van der Waals surface area contributed by atoms with Gasteiger partial charge in [-0.25, -0.2) is 4.57 Å². The minimum absolute atomic E-state index is 0.0206. The zero-order chi connectivity index (χ0) is 87.5. The third kappa shape index (κ3) is 52.7. The smallest absolute Gasteiger partial charge is 0.463 e. The van der Waals surface area contributed by atoms with Crippen LogP contribution < -0.4 is 0 Å². The summed E-state index contributed by atoms with van der Waals surface area (Å²) in [5, 5.41) is 102. The molecule has 3 rings (SSSR count). The Hall–Kier alpha value is -2.53. The average Bonchev–Trinajstić information content (AvgIpc) is 0.758. The summed E-state index contributed by atoms with van der Waals surface area (Å²) in [7, 11) is -5.80. The number of ether oxygens (including phenoxy) is 8. The second-order valence-electron chi connectivity index (χ2n) is 35.3. The fourth-order valence-corrected chi connectivity index (χ4v) is 17.5. The van der Waals surface area contributed by atoms with Crippen LogP contribution in [-0.4, -0.2) is 205 Å². The van der Waals surface area contributed by atoms with E-state index in [2.05, 4.69) is 27.7 Å². The van der Waals surface area contributed by atoms with E-state index in [1.165, 1.54) is 231 Å². The van der Waals surface area contributed by atoms with Crippen molar-refractivity contribution in [2.45, 2.75) is 549 Å². The first-order valence-electron chi connectivity index (χ1n) is 49.3. The number of esters is 4. The van der Waals surface area contributed by atoms with Crippen LogP contribution in [0.25, 0.3) is 0 Å².